The first-order valence-electron chi connectivity index (χ1n) is 8.09. The number of para-hydroxylation sites is 1. The van der Waals surface area contributed by atoms with Crippen LogP contribution in [0.3, 0.4) is 0 Å². The quantitative estimate of drug-likeness (QED) is 0.626. The number of benzene rings is 2. The van der Waals surface area contributed by atoms with Crippen LogP contribution in [0, 0.1) is 6.92 Å². The zero-order valence-corrected chi connectivity index (χ0v) is 13.8. The van der Waals surface area contributed by atoms with E-state index >= 15 is 0 Å². The van der Waals surface area contributed by atoms with Gasteiger partial charge in [0, 0.05) is 24.5 Å². The molecule has 0 aliphatic carbocycles. The molecule has 4 aromatic rings. The summed E-state index contributed by atoms with van der Waals surface area (Å²) in [6.45, 7) is 2.99. The van der Waals surface area contributed by atoms with Crippen molar-refractivity contribution >= 4 is 28.0 Å². The van der Waals surface area contributed by atoms with Gasteiger partial charge in [0.1, 0.15) is 5.52 Å². The van der Waals surface area contributed by atoms with E-state index in [4.69, 9.17) is 0 Å². The van der Waals surface area contributed by atoms with Crippen LogP contribution in [0.4, 0.5) is 5.95 Å². The van der Waals surface area contributed by atoms with Crippen molar-refractivity contribution in [1.29, 1.82) is 0 Å². The van der Waals surface area contributed by atoms with Gasteiger partial charge in [-0.25, -0.2) is 0 Å². The maximum atomic E-state index is 4.64. The SMILES string of the molecule is Cc1ccccc1CCN(C)c1nnc2c(n1)[nH]c1ccccc12. The van der Waals surface area contributed by atoms with Gasteiger partial charge in [0.05, 0.1) is 0 Å². The lowest BCUT2D eigenvalue weighted by Crippen LogP contribution is -2.23. The van der Waals surface area contributed by atoms with Crippen molar-refractivity contribution in [3.05, 3.63) is 59.7 Å². The molecule has 4 rings (SSSR count). The van der Waals surface area contributed by atoms with Gasteiger partial charge in [-0.2, -0.15) is 4.98 Å². The third-order valence-electron chi connectivity index (χ3n) is 4.43. The monoisotopic (exact) mass is 317 g/mol. The van der Waals surface area contributed by atoms with Gasteiger partial charge in [-0.15, -0.1) is 10.2 Å². The average Bonchev–Trinajstić information content (AvgIpc) is 2.98. The number of hydrogen-bond donors (Lipinski definition) is 1. The zero-order valence-electron chi connectivity index (χ0n) is 13.8. The van der Waals surface area contributed by atoms with E-state index in [9.17, 15) is 0 Å². The lowest BCUT2D eigenvalue weighted by Gasteiger charge is -2.16. The second-order valence-corrected chi connectivity index (χ2v) is 6.08. The topological polar surface area (TPSA) is 57.7 Å². The van der Waals surface area contributed by atoms with E-state index in [2.05, 4.69) is 51.4 Å². The van der Waals surface area contributed by atoms with Gasteiger partial charge in [0.25, 0.3) is 0 Å². The number of nitrogens with one attached hydrogen (secondary N) is 1. The van der Waals surface area contributed by atoms with Crippen molar-refractivity contribution in [1.82, 2.24) is 20.2 Å². The van der Waals surface area contributed by atoms with Crippen LogP contribution in [0.2, 0.25) is 0 Å². The van der Waals surface area contributed by atoms with Crippen LogP contribution in [-0.4, -0.2) is 33.8 Å². The summed E-state index contributed by atoms with van der Waals surface area (Å²) in [6, 6.07) is 16.5. The molecular weight excluding hydrogens is 298 g/mol. The number of fused-ring (bicyclic) bond motifs is 3. The molecule has 120 valence electrons. The number of aryl methyl sites for hydroxylation is 1. The highest BCUT2D eigenvalue weighted by atomic mass is 15.3. The number of likely N-dealkylation sites (N-methyl/N-ethyl adjacent to an activating group) is 1. The van der Waals surface area contributed by atoms with E-state index in [0.29, 0.717) is 5.95 Å². The van der Waals surface area contributed by atoms with E-state index in [1.54, 1.807) is 0 Å². The Hall–Kier alpha value is -2.95. The second-order valence-electron chi connectivity index (χ2n) is 6.08. The lowest BCUT2D eigenvalue weighted by atomic mass is 10.1. The molecule has 0 atom stereocenters. The summed E-state index contributed by atoms with van der Waals surface area (Å²) < 4.78 is 0. The fourth-order valence-electron chi connectivity index (χ4n) is 2.95. The van der Waals surface area contributed by atoms with Gasteiger partial charge in [0.2, 0.25) is 5.95 Å². The van der Waals surface area contributed by atoms with Crippen molar-refractivity contribution in [3.8, 4) is 0 Å². The number of hydrogen-bond acceptors (Lipinski definition) is 4. The number of aromatic nitrogens is 4. The van der Waals surface area contributed by atoms with E-state index in [0.717, 1.165) is 35.0 Å². The van der Waals surface area contributed by atoms with E-state index in [-0.39, 0.29) is 0 Å². The fourth-order valence-corrected chi connectivity index (χ4v) is 2.95. The zero-order chi connectivity index (χ0) is 16.5. The Morgan fingerprint density at radius 1 is 1.00 bits per heavy atom. The second kappa shape index (κ2) is 5.92. The van der Waals surface area contributed by atoms with E-state index < -0.39 is 0 Å². The number of H-pyrrole nitrogens is 1. The molecule has 0 radical (unpaired) electrons. The molecule has 0 unspecified atom stereocenters. The summed E-state index contributed by atoms with van der Waals surface area (Å²) >= 11 is 0. The molecule has 5 nitrogen and oxygen atoms in total. The molecule has 2 heterocycles. The molecule has 24 heavy (non-hydrogen) atoms. The molecule has 0 aliphatic heterocycles. The maximum absolute atomic E-state index is 4.64. The van der Waals surface area contributed by atoms with Crippen molar-refractivity contribution in [2.75, 3.05) is 18.5 Å². The molecule has 0 bridgehead atoms. The number of anilines is 1. The van der Waals surface area contributed by atoms with Gasteiger partial charge in [0.15, 0.2) is 5.65 Å². The number of nitrogens with zero attached hydrogens (tertiary/aromatic N) is 4. The molecular formula is C19H19N5. The lowest BCUT2D eigenvalue weighted by molar-refractivity contribution is 0.819. The smallest absolute Gasteiger partial charge is 0.247 e. The predicted molar refractivity (Wildman–Crippen MR) is 97.3 cm³/mol. The molecule has 0 aliphatic rings. The third kappa shape index (κ3) is 2.58. The molecule has 1 N–H and O–H groups in total. The largest absolute Gasteiger partial charge is 0.342 e. The minimum absolute atomic E-state index is 0.641. The summed E-state index contributed by atoms with van der Waals surface area (Å²) in [6.07, 6.45) is 0.956. The number of rotatable bonds is 4. The maximum Gasteiger partial charge on any atom is 0.247 e. The summed E-state index contributed by atoms with van der Waals surface area (Å²) in [5.41, 5.74) is 5.31. The van der Waals surface area contributed by atoms with Crippen molar-refractivity contribution in [2.45, 2.75) is 13.3 Å². The highest BCUT2D eigenvalue weighted by molar-refractivity contribution is 6.03. The van der Waals surface area contributed by atoms with Gasteiger partial charge in [-0.3, -0.25) is 0 Å². The summed E-state index contributed by atoms with van der Waals surface area (Å²) in [7, 11) is 2.00. The highest BCUT2D eigenvalue weighted by Gasteiger charge is 2.11. The van der Waals surface area contributed by atoms with E-state index in [1.807, 2.05) is 36.2 Å². The highest BCUT2D eigenvalue weighted by Crippen LogP contribution is 2.22. The molecule has 0 spiro atoms. The predicted octanol–water partition coefficient (Wildman–Crippen LogP) is 3.49. The summed E-state index contributed by atoms with van der Waals surface area (Å²) in [4.78, 5) is 10.0. The fraction of sp³-hybridized carbons (Fsp3) is 0.211. The van der Waals surface area contributed by atoms with Crippen LogP contribution in [-0.2, 0) is 6.42 Å². The Bertz CT molecular complexity index is 1000. The van der Waals surface area contributed by atoms with E-state index in [1.165, 1.54) is 11.1 Å². The Kier molecular flexibility index (Phi) is 3.61. The van der Waals surface area contributed by atoms with Crippen molar-refractivity contribution in [3.63, 3.8) is 0 Å². The Balaban J connectivity index is 1.59. The van der Waals surface area contributed by atoms with Gasteiger partial charge in [-0.05, 0) is 30.5 Å². The molecule has 0 fully saturated rings. The molecule has 0 saturated heterocycles. The van der Waals surface area contributed by atoms with Gasteiger partial charge in [-0.1, -0.05) is 42.5 Å². The normalized spacial score (nSPS) is 11.2. The molecule has 0 amide bonds. The Morgan fingerprint density at radius 3 is 2.67 bits per heavy atom. The third-order valence-corrected chi connectivity index (χ3v) is 4.43. The van der Waals surface area contributed by atoms with Crippen molar-refractivity contribution < 1.29 is 0 Å². The number of aromatic amines is 1. The van der Waals surface area contributed by atoms with Crippen LogP contribution in [0.15, 0.2) is 48.5 Å². The van der Waals surface area contributed by atoms with Gasteiger partial charge < -0.3 is 9.88 Å². The average molecular weight is 317 g/mol. The molecule has 2 aromatic carbocycles. The molecule has 0 saturated carbocycles. The first-order chi connectivity index (χ1) is 11.7. The standard InChI is InChI=1S/C19H19N5/c1-13-7-3-4-8-14(13)11-12-24(2)19-21-18-17(22-23-19)15-9-5-6-10-16(15)20-18/h3-10H,11-12H2,1-2H3,(H,20,21,23). The van der Waals surface area contributed by atoms with Crippen LogP contribution in [0.1, 0.15) is 11.1 Å². The van der Waals surface area contributed by atoms with Crippen LogP contribution < -0.4 is 4.90 Å². The van der Waals surface area contributed by atoms with Gasteiger partial charge >= 0.3 is 0 Å². The minimum Gasteiger partial charge on any atom is -0.342 e. The first kappa shape index (κ1) is 14.6. The summed E-state index contributed by atoms with van der Waals surface area (Å²) in [5.74, 6) is 0.641. The molecule has 5 heteroatoms. The molecule has 2 aromatic heterocycles. The van der Waals surface area contributed by atoms with Crippen LogP contribution in [0.25, 0.3) is 22.1 Å². The van der Waals surface area contributed by atoms with Crippen molar-refractivity contribution in [2.24, 2.45) is 0 Å². The summed E-state index contributed by atoms with van der Waals surface area (Å²) in [5, 5.41) is 9.74. The van der Waals surface area contributed by atoms with Crippen LogP contribution >= 0.6 is 0 Å². The first-order valence-corrected chi connectivity index (χ1v) is 8.09. The Labute approximate surface area is 140 Å². The Morgan fingerprint density at radius 2 is 1.79 bits per heavy atom. The van der Waals surface area contributed by atoms with Crippen LogP contribution in [0.5, 0.6) is 0 Å². The minimum atomic E-state index is 0.641.